The van der Waals surface area contributed by atoms with Crippen LogP contribution in [0.25, 0.3) is 16.8 Å². The summed E-state index contributed by atoms with van der Waals surface area (Å²) in [6, 6.07) is 2.48. The molecule has 13 heteroatoms. The second-order valence-electron chi connectivity index (χ2n) is 5.44. The van der Waals surface area contributed by atoms with Gasteiger partial charge in [-0.25, -0.2) is 9.97 Å². The molecule has 3 aromatic rings. The summed E-state index contributed by atoms with van der Waals surface area (Å²) < 4.78 is 32.6. The minimum absolute atomic E-state index is 0.508. The van der Waals surface area contributed by atoms with Crippen LogP contribution in [0.15, 0.2) is 23.1 Å². The zero-order valence-electron chi connectivity index (χ0n) is 13.9. The number of nitrogens with zero attached hydrogens (tertiary/aromatic N) is 6. The molecule has 0 bridgehead atoms. The van der Waals surface area contributed by atoms with E-state index in [1.165, 1.54) is 0 Å². The molecule has 1 saturated heterocycles. The van der Waals surface area contributed by atoms with Crippen LogP contribution in [0, 0.1) is 0 Å². The Balaban J connectivity index is 0.000000286. The first-order chi connectivity index (χ1) is 12.3. The molecule has 2 N–H and O–H groups in total. The number of rotatable bonds is 3. The van der Waals surface area contributed by atoms with E-state index in [0.29, 0.717) is 11.7 Å². The molecule has 0 atom stereocenters. The monoisotopic (exact) mass is 445 g/mol. The number of hydrogen-bond donors (Lipinski definition) is 2. The number of halogens is 1. The lowest BCUT2D eigenvalue weighted by Crippen LogP contribution is -2.57. The predicted molar refractivity (Wildman–Crippen MR) is 97.4 cm³/mol. The van der Waals surface area contributed by atoms with Crippen LogP contribution in [0.3, 0.4) is 0 Å². The van der Waals surface area contributed by atoms with Gasteiger partial charge in [0.1, 0.15) is 6.33 Å². The molecule has 0 radical (unpaired) electrons. The molecule has 3 aromatic heterocycles. The summed E-state index contributed by atoms with van der Waals surface area (Å²) in [4.78, 5) is 11.2. The van der Waals surface area contributed by atoms with E-state index in [0.717, 1.165) is 41.7 Å². The summed E-state index contributed by atoms with van der Waals surface area (Å²) >= 11 is 3.43. The van der Waals surface area contributed by atoms with Gasteiger partial charge in [0.2, 0.25) is 5.65 Å². The number of pyridine rings is 1. The number of likely N-dealkylation sites (N-methyl/N-ethyl adjacent to an activating group) is 1. The summed E-state index contributed by atoms with van der Waals surface area (Å²) in [5, 5.41) is 11.5. The zero-order valence-corrected chi connectivity index (χ0v) is 16.3. The smallest absolute Gasteiger partial charge is 0.350 e. The Labute approximate surface area is 157 Å². The third kappa shape index (κ3) is 3.91. The minimum Gasteiger partial charge on any atom is -0.350 e. The molecule has 11 nitrogen and oxygen atoms in total. The Bertz CT molecular complexity index is 1040. The van der Waals surface area contributed by atoms with E-state index in [9.17, 15) is 8.42 Å². The summed E-state index contributed by atoms with van der Waals surface area (Å²) in [6.07, 6.45) is 3.45. The Morgan fingerprint density at radius 2 is 2.12 bits per heavy atom. The maximum Gasteiger partial charge on any atom is 0.397 e. The van der Waals surface area contributed by atoms with Crippen LogP contribution in [-0.4, -0.2) is 70.8 Å². The van der Waals surface area contributed by atoms with Crippen LogP contribution < -0.4 is 10.2 Å². The maximum absolute atomic E-state index is 9.33. The van der Waals surface area contributed by atoms with Crippen molar-refractivity contribution in [2.75, 3.05) is 32.1 Å². The highest BCUT2D eigenvalue weighted by Crippen LogP contribution is 2.26. The van der Waals surface area contributed by atoms with Crippen molar-refractivity contribution in [3.63, 3.8) is 0 Å². The molecule has 0 aromatic carbocycles. The van der Waals surface area contributed by atoms with Gasteiger partial charge < -0.3 is 10.2 Å². The predicted octanol–water partition coefficient (Wildman–Crippen LogP) is 0.279. The van der Waals surface area contributed by atoms with Crippen molar-refractivity contribution < 1.29 is 17.2 Å². The first-order valence-corrected chi connectivity index (χ1v) is 9.58. The lowest BCUT2D eigenvalue weighted by Gasteiger charge is -2.39. The van der Waals surface area contributed by atoms with E-state index in [4.69, 9.17) is 4.55 Å². The second kappa shape index (κ2) is 7.36. The molecular weight excluding hydrogens is 430 g/mol. The average Bonchev–Trinajstić information content (AvgIpc) is 3.04. The number of nitrogens with one attached hydrogen (secondary N) is 1. The molecule has 0 unspecified atom stereocenters. The molecular formula is C13H16BrN7O4S. The normalized spacial score (nSPS) is 15.0. The van der Waals surface area contributed by atoms with Crippen molar-refractivity contribution in [3.8, 4) is 0 Å². The molecule has 0 amide bonds. The van der Waals surface area contributed by atoms with Gasteiger partial charge in [-0.15, -0.1) is 10.2 Å². The van der Waals surface area contributed by atoms with Crippen LogP contribution in [-0.2, 0) is 14.6 Å². The van der Waals surface area contributed by atoms with Crippen LogP contribution >= 0.6 is 15.9 Å². The van der Waals surface area contributed by atoms with Crippen molar-refractivity contribution in [3.05, 3.63) is 23.1 Å². The number of anilines is 1. The van der Waals surface area contributed by atoms with Crippen molar-refractivity contribution in [2.24, 2.45) is 0 Å². The molecule has 1 aliphatic heterocycles. The van der Waals surface area contributed by atoms with Gasteiger partial charge in [0.15, 0.2) is 11.5 Å². The maximum atomic E-state index is 9.33. The Morgan fingerprint density at radius 1 is 1.42 bits per heavy atom. The summed E-state index contributed by atoms with van der Waals surface area (Å²) in [5.74, 6) is 0.844. The van der Waals surface area contributed by atoms with Crippen LogP contribution in [0.4, 0.5) is 5.82 Å². The van der Waals surface area contributed by atoms with E-state index in [2.05, 4.69) is 50.5 Å². The van der Waals surface area contributed by atoms with Crippen LogP contribution in [0.1, 0.15) is 0 Å². The molecule has 0 saturated carbocycles. The molecule has 0 aliphatic carbocycles. The molecule has 4 heterocycles. The summed E-state index contributed by atoms with van der Waals surface area (Å²) in [7, 11) is -1.32. The first-order valence-electron chi connectivity index (χ1n) is 7.42. The molecule has 4 rings (SSSR count). The highest BCUT2D eigenvalue weighted by atomic mass is 79.9. The van der Waals surface area contributed by atoms with Gasteiger partial charge in [-0.2, -0.15) is 8.42 Å². The molecule has 1 fully saturated rings. The van der Waals surface area contributed by atoms with Gasteiger partial charge in [-0.1, -0.05) is 0 Å². The lowest BCUT2D eigenvalue weighted by molar-refractivity contribution is 0.324. The van der Waals surface area contributed by atoms with Gasteiger partial charge in [0.25, 0.3) is 0 Å². The van der Waals surface area contributed by atoms with E-state index >= 15 is 0 Å². The average molecular weight is 446 g/mol. The molecule has 1 aliphatic rings. The number of aromatic nitrogens is 5. The fourth-order valence-corrected chi connectivity index (χ4v) is 2.76. The van der Waals surface area contributed by atoms with E-state index in [1.54, 1.807) is 12.5 Å². The Morgan fingerprint density at radius 3 is 2.73 bits per heavy atom. The second-order valence-corrected chi connectivity index (χ2v) is 7.55. The topological polar surface area (TPSA) is 135 Å². The third-order valence-corrected chi connectivity index (χ3v) is 4.69. The number of fused-ring (bicyclic) bond motifs is 3. The van der Waals surface area contributed by atoms with Gasteiger partial charge >= 0.3 is 10.4 Å². The summed E-state index contributed by atoms with van der Waals surface area (Å²) in [6.45, 7) is 1.85. The largest absolute Gasteiger partial charge is 0.397 e. The quantitative estimate of drug-likeness (QED) is 0.540. The standard InChI is InChI=1S/C12H12BrN7.CH4O4S/c1-14-8-4-19(5-8)11-12-18-16-6-20(12)9-2-7(13)3-15-10(9)17-11;1-5-6(2,3)4/h2-3,6,8,14H,4-5H2,1H3;1H3,(H,2,3,4). The van der Waals surface area contributed by atoms with E-state index < -0.39 is 10.4 Å². The fraction of sp³-hybridized carbons (Fsp3) is 0.385. The van der Waals surface area contributed by atoms with Gasteiger partial charge in [0.05, 0.1) is 12.6 Å². The van der Waals surface area contributed by atoms with Gasteiger partial charge in [0, 0.05) is 29.8 Å². The fourth-order valence-electron chi connectivity index (χ4n) is 2.45. The summed E-state index contributed by atoms with van der Waals surface area (Å²) in [5.41, 5.74) is 2.36. The number of hydrogen-bond acceptors (Lipinski definition) is 9. The van der Waals surface area contributed by atoms with Crippen molar-refractivity contribution >= 4 is 49.0 Å². The van der Waals surface area contributed by atoms with Gasteiger partial charge in [-0.05, 0) is 29.0 Å². The van der Waals surface area contributed by atoms with Crippen molar-refractivity contribution in [2.45, 2.75) is 6.04 Å². The van der Waals surface area contributed by atoms with E-state index in [-0.39, 0.29) is 0 Å². The molecule has 26 heavy (non-hydrogen) atoms. The van der Waals surface area contributed by atoms with Crippen molar-refractivity contribution in [1.29, 1.82) is 0 Å². The van der Waals surface area contributed by atoms with Crippen LogP contribution in [0.5, 0.6) is 0 Å². The molecule has 140 valence electrons. The molecule has 0 spiro atoms. The first kappa shape index (κ1) is 18.8. The van der Waals surface area contributed by atoms with E-state index in [1.807, 2.05) is 17.5 Å². The highest BCUT2D eigenvalue weighted by molar-refractivity contribution is 9.10. The Hall–Kier alpha value is -1.93. The van der Waals surface area contributed by atoms with Gasteiger partial charge in [-0.3, -0.25) is 13.1 Å². The van der Waals surface area contributed by atoms with Crippen molar-refractivity contribution in [1.82, 2.24) is 29.9 Å². The highest BCUT2D eigenvalue weighted by Gasteiger charge is 2.29. The third-order valence-electron chi connectivity index (χ3n) is 3.83. The lowest BCUT2D eigenvalue weighted by atomic mass is 10.1. The minimum atomic E-state index is -4.16. The SMILES string of the molecule is CNC1CN(c2nc3ncc(Br)cc3n3cnnc23)C1.COS(=O)(=O)O. The Kier molecular flexibility index (Phi) is 5.34. The van der Waals surface area contributed by atoms with Crippen LogP contribution in [0.2, 0.25) is 0 Å². The zero-order chi connectivity index (χ0) is 18.9.